The molecule has 25 heavy (non-hydrogen) atoms. The lowest BCUT2D eigenvalue weighted by atomic mass is 10.0. The number of carbonyl (C=O) groups excluding carboxylic acids is 1. The summed E-state index contributed by atoms with van der Waals surface area (Å²) in [7, 11) is 1.66. The molecule has 1 heterocycles. The predicted octanol–water partition coefficient (Wildman–Crippen LogP) is 3.80. The quantitative estimate of drug-likeness (QED) is 0.714. The maximum absolute atomic E-state index is 12.4. The molecule has 1 saturated heterocycles. The van der Waals surface area contributed by atoms with Crippen LogP contribution in [0.4, 0.5) is 0 Å². The first kappa shape index (κ1) is 20.5. The highest BCUT2D eigenvalue weighted by atomic mass is 79.9. The zero-order valence-electron chi connectivity index (χ0n) is 14.8. The summed E-state index contributed by atoms with van der Waals surface area (Å²) in [5.74, 6) is 2.03. The van der Waals surface area contributed by atoms with Crippen molar-refractivity contribution in [3.63, 3.8) is 0 Å². The van der Waals surface area contributed by atoms with Crippen molar-refractivity contribution in [2.75, 3.05) is 26.7 Å². The summed E-state index contributed by atoms with van der Waals surface area (Å²) in [4.78, 5) is 14.5. The highest BCUT2D eigenvalue weighted by Crippen LogP contribution is 2.28. The summed E-state index contributed by atoms with van der Waals surface area (Å²) >= 11 is 3.50. The number of ether oxygens (including phenoxy) is 1. The molecule has 0 radical (unpaired) electrons. The molecule has 1 amide bonds. The Morgan fingerprint density at radius 2 is 2.00 bits per heavy atom. The molecule has 1 saturated carbocycles. The molecule has 0 aromatic heterocycles. The van der Waals surface area contributed by atoms with E-state index in [2.05, 4.69) is 21.2 Å². The topological polar surface area (TPSA) is 41.6 Å². The fourth-order valence-corrected chi connectivity index (χ4v) is 3.85. The monoisotopic (exact) mass is 430 g/mol. The largest absolute Gasteiger partial charge is 0.496 e. The van der Waals surface area contributed by atoms with Gasteiger partial charge in [-0.2, -0.15) is 0 Å². The molecule has 140 valence electrons. The van der Waals surface area contributed by atoms with Crippen molar-refractivity contribution in [3.05, 3.63) is 28.2 Å². The van der Waals surface area contributed by atoms with Gasteiger partial charge in [0.15, 0.2) is 0 Å². The number of hydrogen-bond donors (Lipinski definition) is 1. The number of methoxy groups -OCH3 is 1. The Morgan fingerprint density at radius 3 is 2.60 bits per heavy atom. The second kappa shape index (κ2) is 9.79. The Bertz CT molecular complexity index is 573. The highest BCUT2D eigenvalue weighted by molar-refractivity contribution is 9.10. The maximum Gasteiger partial charge on any atom is 0.222 e. The zero-order valence-corrected chi connectivity index (χ0v) is 17.2. The summed E-state index contributed by atoms with van der Waals surface area (Å²) < 4.78 is 6.18. The second-order valence-corrected chi connectivity index (χ2v) is 7.83. The number of aryl methyl sites for hydroxylation is 1. The number of piperidine rings is 1. The number of benzene rings is 1. The van der Waals surface area contributed by atoms with Gasteiger partial charge >= 0.3 is 0 Å². The van der Waals surface area contributed by atoms with Crippen LogP contribution in [0.3, 0.4) is 0 Å². The van der Waals surface area contributed by atoms with Gasteiger partial charge in [-0.15, -0.1) is 12.4 Å². The molecule has 1 aromatic carbocycles. The third-order valence-corrected chi connectivity index (χ3v) is 5.70. The molecule has 1 aliphatic carbocycles. The van der Waals surface area contributed by atoms with E-state index in [4.69, 9.17) is 4.74 Å². The molecular formula is C19H28BrClN2O2. The van der Waals surface area contributed by atoms with E-state index in [0.717, 1.165) is 54.1 Å². The predicted molar refractivity (Wildman–Crippen MR) is 107 cm³/mol. The van der Waals surface area contributed by atoms with E-state index in [-0.39, 0.29) is 18.3 Å². The van der Waals surface area contributed by atoms with Gasteiger partial charge in [0.25, 0.3) is 0 Å². The lowest BCUT2D eigenvalue weighted by molar-refractivity contribution is -0.132. The van der Waals surface area contributed by atoms with Gasteiger partial charge in [0, 0.05) is 25.6 Å². The van der Waals surface area contributed by atoms with Crippen LogP contribution >= 0.6 is 28.3 Å². The number of rotatable bonds is 7. The van der Waals surface area contributed by atoms with Crippen LogP contribution in [0.2, 0.25) is 0 Å². The molecule has 0 spiro atoms. The number of likely N-dealkylation sites (tertiary alicyclic amines) is 1. The van der Waals surface area contributed by atoms with E-state index in [1.165, 1.54) is 19.4 Å². The molecule has 4 nitrogen and oxygen atoms in total. The number of hydrogen-bond acceptors (Lipinski definition) is 3. The van der Waals surface area contributed by atoms with E-state index >= 15 is 0 Å². The Balaban J connectivity index is 0.00000225. The average Bonchev–Trinajstić information content (AvgIpc) is 3.43. The first-order valence-electron chi connectivity index (χ1n) is 8.99. The van der Waals surface area contributed by atoms with E-state index < -0.39 is 0 Å². The summed E-state index contributed by atoms with van der Waals surface area (Å²) in [6.45, 7) is 2.96. The van der Waals surface area contributed by atoms with Gasteiger partial charge in [0.2, 0.25) is 5.91 Å². The van der Waals surface area contributed by atoms with E-state index in [1.54, 1.807) is 7.11 Å². The SMILES string of the molecule is COc1ccc(CCC(=O)N2CCC(NCC3CC3)CC2)cc1Br.Cl. The van der Waals surface area contributed by atoms with Crippen molar-refractivity contribution in [1.82, 2.24) is 10.2 Å². The third kappa shape index (κ3) is 6.15. The molecule has 6 heteroatoms. The molecule has 2 fully saturated rings. The number of amides is 1. The summed E-state index contributed by atoms with van der Waals surface area (Å²) in [5, 5.41) is 3.66. The highest BCUT2D eigenvalue weighted by Gasteiger charge is 2.25. The summed E-state index contributed by atoms with van der Waals surface area (Å²) in [6, 6.07) is 6.62. The number of carbonyl (C=O) groups is 1. The van der Waals surface area contributed by atoms with Crippen LogP contribution in [0.25, 0.3) is 0 Å². The number of nitrogens with one attached hydrogen (secondary N) is 1. The smallest absolute Gasteiger partial charge is 0.222 e. The van der Waals surface area contributed by atoms with Gasteiger partial charge in [-0.3, -0.25) is 4.79 Å². The molecular weight excluding hydrogens is 404 g/mol. The minimum atomic E-state index is 0. The molecule has 3 rings (SSSR count). The third-order valence-electron chi connectivity index (χ3n) is 5.08. The minimum absolute atomic E-state index is 0. The van der Waals surface area contributed by atoms with Crippen LogP contribution in [0.15, 0.2) is 22.7 Å². The van der Waals surface area contributed by atoms with Crippen LogP contribution in [0.5, 0.6) is 5.75 Å². The minimum Gasteiger partial charge on any atom is -0.496 e. The van der Waals surface area contributed by atoms with Crippen LogP contribution < -0.4 is 10.1 Å². The fraction of sp³-hybridized carbons (Fsp3) is 0.632. The number of halogens is 2. The van der Waals surface area contributed by atoms with E-state index in [0.29, 0.717) is 12.5 Å². The van der Waals surface area contributed by atoms with Gasteiger partial charge in [0.1, 0.15) is 5.75 Å². The molecule has 1 aromatic rings. The van der Waals surface area contributed by atoms with Crippen molar-refractivity contribution in [2.24, 2.45) is 5.92 Å². The van der Waals surface area contributed by atoms with Crippen molar-refractivity contribution >= 4 is 34.2 Å². The second-order valence-electron chi connectivity index (χ2n) is 6.98. The van der Waals surface area contributed by atoms with Gasteiger partial charge in [-0.25, -0.2) is 0 Å². The van der Waals surface area contributed by atoms with Gasteiger partial charge < -0.3 is 15.0 Å². The fourth-order valence-electron chi connectivity index (χ4n) is 3.26. The molecule has 0 unspecified atom stereocenters. The average molecular weight is 432 g/mol. The van der Waals surface area contributed by atoms with Crippen molar-refractivity contribution in [2.45, 2.75) is 44.6 Å². The van der Waals surface area contributed by atoms with Crippen molar-refractivity contribution < 1.29 is 9.53 Å². The molecule has 0 bridgehead atoms. The normalized spacial score (nSPS) is 17.9. The van der Waals surface area contributed by atoms with Crippen LogP contribution in [-0.2, 0) is 11.2 Å². The van der Waals surface area contributed by atoms with Gasteiger partial charge in [0.05, 0.1) is 11.6 Å². The van der Waals surface area contributed by atoms with Crippen molar-refractivity contribution in [1.29, 1.82) is 0 Å². The lowest BCUT2D eigenvalue weighted by Crippen LogP contribution is -2.45. The number of nitrogens with zero attached hydrogens (tertiary/aromatic N) is 1. The Morgan fingerprint density at radius 1 is 1.28 bits per heavy atom. The first-order chi connectivity index (χ1) is 11.7. The first-order valence-corrected chi connectivity index (χ1v) is 9.78. The summed E-state index contributed by atoms with van der Waals surface area (Å²) in [5.41, 5.74) is 1.16. The molecule has 1 N–H and O–H groups in total. The molecule has 2 aliphatic rings. The van der Waals surface area contributed by atoms with E-state index in [9.17, 15) is 4.79 Å². The molecule has 0 atom stereocenters. The van der Waals surface area contributed by atoms with Gasteiger partial charge in [-0.05, 0) is 78.2 Å². The Kier molecular flexibility index (Phi) is 8.04. The zero-order chi connectivity index (χ0) is 16.9. The van der Waals surface area contributed by atoms with Crippen molar-refractivity contribution in [3.8, 4) is 5.75 Å². The Hall–Kier alpha value is -0.780. The molecule has 1 aliphatic heterocycles. The van der Waals surface area contributed by atoms with Crippen LogP contribution in [0.1, 0.15) is 37.7 Å². The van der Waals surface area contributed by atoms with Crippen LogP contribution in [-0.4, -0.2) is 43.6 Å². The summed E-state index contributed by atoms with van der Waals surface area (Å²) in [6.07, 6.45) is 6.33. The van der Waals surface area contributed by atoms with Gasteiger partial charge in [-0.1, -0.05) is 6.07 Å². The maximum atomic E-state index is 12.4. The standard InChI is InChI=1S/C19H27BrN2O2.ClH/c1-24-18-6-4-14(12-17(18)20)5-7-19(23)22-10-8-16(9-11-22)21-13-15-2-3-15;/h4,6,12,15-16,21H,2-3,5,7-11,13H2,1H3;1H. The van der Waals surface area contributed by atoms with E-state index in [1.807, 2.05) is 23.1 Å². The Labute approximate surface area is 165 Å². The van der Waals surface area contributed by atoms with Crippen LogP contribution in [0, 0.1) is 5.92 Å². The lowest BCUT2D eigenvalue weighted by Gasteiger charge is -2.32.